The summed E-state index contributed by atoms with van der Waals surface area (Å²) >= 11 is 1.56. The summed E-state index contributed by atoms with van der Waals surface area (Å²) in [6.07, 6.45) is 4.51. The fraction of sp³-hybridized carbons (Fsp3) is 0.447. The lowest BCUT2D eigenvalue weighted by molar-refractivity contribution is -0.132. The third-order valence-electron chi connectivity index (χ3n) is 9.68. The maximum atomic E-state index is 13.8. The summed E-state index contributed by atoms with van der Waals surface area (Å²) < 4.78 is 5.31. The maximum absolute atomic E-state index is 13.8. The van der Waals surface area contributed by atoms with Crippen molar-refractivity contribution in [3.05, 3.63) is 95.1 Å². The second kappa shape index (κ2) is 16.4. The molecular weight excluding hydrogens is 611 g/mol. The van der Waals surface area contributed by atoms with Crippen LogP contribution in [0, 0.1) is 25.7 Å². The third kappa shape index (κ3) is 9.24. The van der Waals surface area contributed by atoms with E-state index in [-0.39, 0.29) is 24.4 Å². The van der Waals surface area contributed by atoms with Crippen molar-refractivity contribution in [2.45, 2.75) is 82.5 Å². The van der Waals surface area contributed by atoms with E-state index in [0.29, 0.717) is 41.0 Å². The van der Waals surface area contributed by atoms with Gasteiger partial charge in [-0.3, -0.25) is 19.3 Å². The Kier molecular flexibility index (Phi) is 12.1. The van der Waals surface area contributed by atoms with Crippen LogP contribution in [0.1, 0.15) is 66.1 Å². The molecule has 2 fully saturated rings. The monoisotopic (exact) mass is 657 g/mol. The van der Waals surface area contributed by atoms with Gasteiger partial charge in [0.1, 0.15) is 5.75 Å². The predicted molar refractivity (Wildman–Crippen MR) is 185 cm³/mol. The van der Waals surface area contributed by atoms with Gasteiger partial charge in [-0.05, 0) is 73.9 Å². The Bertz CT molecular complexity index is 1530. The Morgan fingerprint density at radius 3 is 2.43 bits per heavy atom. The quantitative estimate of drug-likeness (QED) is 0.131. The second-order valence-corrected chi connectivity index (χ2v) is 14.0. The first-order valence-corrected chi connectivity index (χ1v) is 17.7. The van der Waals surface area contributed by atoms with Gasteiger partial charge in [0, 0.05) is 48.3 Å². The molecule has 1 aliphatic heterocycles. The number of thioether (sulfide) groups is 1. The third-order valence-corrected chi connectivity index (χ3v) is 10.8. The highest BCUT2D eigenvalue weighted by Gasteiger charge is 2.41. The molecule has 1 heterocycles. The molecule has 5 rings (SSSR count). The largest absolute Gasteiger partial charge is 0.426 e. The summed E-state index contributed by atoms with van der Waals surface area (Å²) in [6, 6.07) is 22.0. The Morgan fingerprint density at radius 2 is 1.68 bits per heavy atom. The van der Waals surface area contributed by atoms with E-state index in [1.54, 1.807) is 36.9 Å². The number of β-amino-alcohol motifs (C(OH)–C–C–N with tert-alkyl or cyclic N) is 1. The normalized spacial score (nSPS) is 20.8. The van der Waals surface area contributed by atoms with Crippen LogP contribution in [-0.4, -0.2) is 64.8 Å². The van der Waals surface area contributed by atoms with E-state index in [1.165, 1.54) is 19.8 Å². The lowest BCUT2D eigenvalue weighted by Gasteiger charge is -2.46. The highest BCUT2D eigenvalue weighted by atomic mass is 32.2. The molecule has 2 amide bonds. The van der Waals surface area contributed by atoms with E-state index in [2.05, 4.69) is 15.5 Å². The van der Waals surface area contributed by atoms with Gasteiger partial charge < -0.3 is 20.5 Å². The Morgan fingerprint density at radius 1 is 0.957 bits per heavy atom. The first kappa shape index (κ1) is 34.7. The number of benzene rings is 3. The number of nitrogens with zero attached hydrogens (tertiary/aromatic N) is 1. The van der Waals surface area contributed by atoms with Crippen LogP contribution in [-0.2, 0) is 16.1 Å². The molecule has 3 N–H and O–H groups in total. The molecule has 250 valence electrons. The van der Waals surface area contributed by atoms with Crippen LogP contribution >= 0.6 is 11.8 Å². The van der Waals surface area contributed by atoms with E-state index in [9.17, 15) is 19.5 Å². The van der Waals surface area contributed by atoms with E-state index >= 15 is 0 Å². The fourth-order valence-electron chi connectivity index (χ4n) is 6.97. The predicted octanol–water partition coefficient (Wildman–Crippen LogP) is 5.68. The van der Waals surface area contributed by atoms with Gasteiger partial charge in [-0.1, -0.05) is 67.8 Å². The number of esters is 1. The van der Waals surface area contributed by atoms with Crippen molar-refractivity contribution in [1.29, 1.82) is 0 Å². The van der Waals surface area contributed by atoms with Crippen LogP contribution in [0.4, 0.5) is 0 Å². The average Bonchev–Trinajstić information content (AvgIpc) is 3.07. The number of aryl methyl sites for hydroxylation is 1. The van der Waals surface area contributed by atoms with Gasteiger partial charge in [-0.2, -0.15) is 0 Å². The summed E-state index contributed by atoms with van der Waals surface area (Å²) in [4.78, 5) is 42.3. The zero-order chi connectivity index (χ0) is 33.3. The van der Waals surface area contributed by atoms with Crippen molar-refractivity contribution in [2.75, 3.05) is 18.8 Å². The van der Waals surface area contributed by atoms with Crippen LogP contribution in [0.5, 0.6) is 5.75 Å². The number of rotatable bonds is 12. The number of carbonyl (C=O) groups is 3. The standard InChI is InChI=1S/C38H47N3O5S/c1-25-12-7-8-14-29(25)21-39-38(45)34-20-28-13-9-10-15-30(28)22-41(34)23-35(43)33(24-47-31-16-5-4-6-17-31)40-37(44)32-18-11-19-36(26(32)2)46-27(3)42/h4-8,11-12,14,16-19,28,30,33-35,43H,9-10,13,15,20-24H2,1-3H3,(H,39,45)(H,40,44). The number of aliphatic hydroxyl groups excluding tert-OH is 1. The molecule has 8 nitrogen and oxygen atoms in total. The van der Waals surface area contributed by atoms with Gasteiger partial charge in [0.2, 0.25) is 5.91 Å². The van der Waals surface area contributed by atoms with Crippen molar-refractivity contribution in [3.63, 3.8) is 0 Å². The molecule has 3 aromatic carbocycles. The van der Waals surface area contributed by atoms with Gasteiger partial charge in [0.05, 0.1) is 18.2 Å². The van der Waals surface area contributed by atoms with Crippen molar-refractivity contribution >= 4 is 29.5 Å². The average molecular weight is 658 g/mol. The molecule has 0 spiro atoms. The zero-order valence-electron chi connectivity index (χ0n) is 27.6. The Hall–Kier alpha value is -3.66. The minimum atomic E-state index is -0.932. The summed E-state index contributed by atoms with van der Waals surface area (Å²) in [7, 11) is 0. The molecule has 3 aromatic rings. The molecule has 1 saturated carbocycles. The summed E-state index contributed by atoms with van der Waals surface area (Å²) in [6.45, 7) is 6.59. The van der Waals surface area contributed by atoms with Gasteiger partial charge >= 0.3 is 5.97 Å². The lowest BCUT2D eigenvalue weighted by atomic mass is 9.72. The molecule has 5 atom stereocenters. The van der Waals surface area contributed by atoms with Crippen molar-refractivity contribution < 1.29 is 24.2 Å². The zero-order valence-corrected chi connectivity index (χ0v) is 28.4. The lowest BCUT2D eigenvalue weighted by Crippen LogP contribution is -2.58. The molecule has 0 aromatic heterocycles. The number of likely N-dealkylation sites (tertiary alicyclic amines) is 1. The number of aliphatic hydroxyl groups is 1. The summed E-state index contributed by atoms with van der Waals surface area (Å²) in [5, 5.41) is 18.1. The van der Waals surface area contributed by atoms with Crippen LogP contribution in [0.25, 0.3) is 0 Å². The minimum Gasteiger partial charge on any atom is -0.426 e. The van der Waals surface area contributed by atoms with Crippen molar-refractivity contribution in [2.24, 2.45) is 11.8 Å². The van der Waals surface area contributed by atoms with Gasteiger partial charge in [0.15, 0.2) is 0 Å². The van der Waals surface area contributed by atoms with Crippen LogP contribution < -0.4 is 15.4 Å². The number of nitrogens with one attached hydrogen (secondary N) is 2. The van der Waals surface area contributed by atoms with Crippen LogP contribution in [0.15, 0.2) is 77.7 Å². The Labute approximate surface area is 282 Å². The number of piperidine rings is 1. The van der Waals surface area contributed by atoms with Crippen molar-refractivity contribution in [3.8, 4) is 5.75 Å². The molecule has 1 saturated heterocycles. The Balaban J connectivity index is 1.34. The number of carbonyl (C=O) groups excluding carboxylic acids is 3. The summed E-state index contributed by atoms with van der Waals surface area (Å²) in [5.41, 5.74) is 3.16. The van der Waals surface area contributed by atoms with Gasteiger partial charge in [-0.25, -0.2) is 0 Å². The highest BCUT2D eigenvalue weighted by molar-refractivity contribution is 7.99. The molecule has 1 aliphatic carbocycles. The van der Waals surface area contributed by atoms with Gasteiger partial charge in [0.25, 0.3) is 5.91 Å². The second-order valence-electron chi connectivity index (χ2n) is 12.9. The topological polar surface area (TPSA) is 108 Å². The highest BCUT2D eigenvalue weighted by Crippen LogP contribution is 2.39. The fourth-order valence-corrected chi connectivity index (χ4v) is 8.00. The molecule has 5 unspecified atom stereocenters. The van der Waals surface area contributed by atoms with E-state index in [4.69, 9.17) is 4.74 Å². The van der Waals surface area contributed by atoms with Crippen LogP contribution in [0.2, 0.25) is 0 Å². The van der Waals surface area contributed by atoms with E-state index in [1.807, 2.05) is 61.5 Å². The molecule has 0 radical (unpaired) electrons. The maximum Gasteiger partial charge on any atom is 0.308 e. The van der Waals surface area contributed by atoms with E-state index in [0.717, 1.165) is 41.8 Å². The van der Waals surface area contributed by atoms with Crippen LogP contribution in [0.3, 0.4) is 0 Å². The molecule has 9 heteroatoms. The number of amides is 2. The summed E-state index contributed by atoms with van der Waals surface area (Å²) in [5.74, 6) is 0.934. The number of hydrogen-bond donors (Lipinski definition) is 3. The number of ether oxygens (including phenoxy) is 1. The molecule has 47 heavy (non-hydrogen) atoms. The van der Waals surface area contributed by atoms with Gasteiger partial charge in [-0.15, -0.1) is 11.8 Å². The first-order chi connectivity index (χ1) is 22.7. The van der Waals surface area contributed by atoms with E-state index < -0.39 is 18.1 Å². The first-order valence-electron chi connectivity index (χ1n) is 16.7. The molecule has 0 bridgehead atoms. The number of hydrogen-bond acceptors (Lipinski definition) is 7. The minimum absolute atomic E-state index is 0.0124. The smallest absolute Gasteiger partial charge is 0.308 e. The van der Waals surface area contributed by atoms with Crippen molar-refractivity contribution in [1.82, 2.24) is 15.5 Å². The molecular formula is C38H47N3O5S. The SMILES string of the molecule is CC(=O)Oc1cccc(C(=O)NC(CSc2ccccc2)C(O)CN2CC3CCCCC3CC2C(=O)NCc2ccccc2C)c1C. The number of fused-ring (bicyclic) bond motifs is 1. The molecule has 2 aliphatic rings.